The van der Waals surface area contributed by atoms with Crippen molar-refractivity contribution in [1.29, 1.82) is 0 Å². The monoisotopic (exact) mass is 232 g/mol. The summed E-state index contributed by atoms with van der Waals surface area (Å²) in [5, 5.41) is 3.50. The zero-order valence-electron chi connectivity index (χ0n) is 10.6. The summed E-state index contributed by atoms with van der Waals surface area (Å²) in [6.07, 6.45) is 8.52. The van der Waals surface area contributed by atoms with E-state index in [1.54, 1.807) is 0 Å². The molecule has 1 aromatic rings. The number of hydrogen-bond donors (Lipinski definition) is 2. The van der Waals surface area contributed by atoms with Crippen LogP contribution >= 0.6 is 0 Å². The third-order valence-corrected chi connectivity index (χ3v) is 3.80. The van der Waals surface area contributed by atoms with Crippen LogP contribution in [0.4, 0.5) is 5.69 Å². The van der Waals surface area contributed by atoms with E-state index < -0.39 is 0 Å². The lowest BCUT2D eigenvalue weighted by Gasteiger charge is -2.21. The van der Waals surface area contributed by atoms with Crippen molar-refractivity contribution < 1.29 is 0 Å². The van der Waals surface area contributed by atoms with E-state index in [0.29, 0.717) is 6.54 Å². The van der Waals surface area contributed by atoms with Gasteiger partial charge < -0.3 is 11.1 Å². The van der Waals surface area contributed by atoms with Crippen molar-refractivity contribution >= 4 is 5.69 Å². The van der Waals surface area contributed by atoms with Crippen LogP contribution in [-0.2, 0) is 6.54 Å². The first-order valence-electron chi connectivity index (χ1n) is 6.91. The van der Waals surface area contributed by atoms with E-state index in [0.717, 1.165) is 12.5 Å². The van der Waals surface area contributed by atoms with E-state index >= 15 is 0 Å². The highest BCUT2D eigenvalue weighted by Gasteiger charge is 2.12. The zero-order chi connectivity index (χ0) is 11.9. The standard InChI is InChI=1S/C15H24N2/c16-12-14-6-8-15(9-7-14)17-11-10-13-4-2-1-3-5-13/h6-9,13,17H,1-5,10-12,16H2. The van der Waals surface area contributed by atoms with E-state index in [1.807, 2.05) is 0 Å². The van der Waals surface area contributed by atoms with Crippen LogP contribution in [0.25, 0.3) is 0 Å². The Balaban J connectivity index is 1.69. The average Bonchev–Trinajstić information content (AvgIpc) is 2.41. The molecule has 1 aliphatic carbocycles. The van der Waals surface area contributed by atoms with Crippen molar-refractivity contribution in [2.24, 2.45) is 11.7 Å². The second kappa shape index (κ2) is 6.65. The quantitative estimate of drug-likeness (QED) is 0.815. The molecule has 0 saturated heterocycles. The topological polar surface area (TPSA) is 38.0 Å². The summed E-state index contributed by atoms with van der Waals surface area (Å²) < 4.78 is 0. The number of anilines is 1. The Bertz CT molecular complexity index is 312. The summed E-state index contributed by atoms with van der Waals surface area (Å²) >= 11 is 0. The molecular formula is C15H24N2. The normalized spacial score (nSPS) is 17.0. The highest BCUT2D eigenvalue weighted by Crippen LogP contribution is 2.26. The van der Waals surface area contributed by atoms with Crippen LogP contribution in [-0.4, -0.2) is 6.54 Å². The summed E-state index contributed by atoms with van der Waals surface area (Å²) in [6, 6.07) is 8.46. The minimum atomic E-state index is 0.627. The van der Waals surface area contributed by atoms with Crippen molar-refractivity contribution in [3.63, 3.8) is 0 Å². The maximum Gasteiger partial charge on any atom is 0.0340 e. The molecule has 94 valence electrons. The van der Waals surface area contributed by atoms with Crippen molar-refractivity contribution in [2.75, 3.05) is 11.9 Å². The van der Waals surface area contributed by atoms with Gasteiger partial charge in [-0.3, -0.25) is 0 Å². The van der Waals surface area contributed by atoms with Gasteiger partial charge in [0.1, 0.15) is 0 Å². The van der Waals surface area contributed by atoms with Crippen LogP contribution in [0.3, 0.4) is 0 Å². The highest BCUT2D eigenvalue weighted by molar-refractivity contribution is 5.44. The number of rotatable bonds is 5. The van der Waals surface area contributed by atoms with Crippen LogP contribution in [0.2, 0.25) is 0 Å². The molecule has 1 aromatic carbocycles. The minimum absolute atomic E-state index is 0.627. The molecule has 1 aliphatic rings. The Hall–Kier alpha value is -1.02. The summed E-state index contributed by atoms with van der Waals surface area (Å²) in [6.45, 7) is 1.73. The smallest absolute Gasteiger partial charge is 0.0340 e. The maximum absolute atomic E-state index is 5.58. The molecule has 2 rings (SSSR count). The highest BCUT2D eigenvalue weighted by atomic mass is 14.9. The number of hydrogen-bond acceptors (Lipinski definition) is 2. The fourth-order valence-corrected chi connectivity index (χ4v) is 2.66. The largest absolute Gasteiger partial charge is 0.385 e. The number of benzene rings is 1. The average molecular weight is 232 g/mol. The van der Waals surface area contributed by atoms with Gasteiger partial charge in [-0.15, -0.1) is 0 Å². The SMILES string of the molecule is NCc1ccc(NCCC2CCCCC2)cc1. The van der Waals surface area contributed by atoms with E-state index in [9.17, 15) is 0 Å². The van der Waals surface area contributed by atoms with E-state index in [4.69, 9.17) is 5.73 Å². The van der Waals surface area contributed by atoms with Gasteiger partial charge in [-0.2, -0.15) is 0 Å². The number of nitrogens with two attached hydrogens (primary N) is 1. The Morgan fingerprint density at radius 3 is 2.41 bits per heavy atom. The fourth-order valence-electron chi connectivity index (χ4n) is 2.66. The molecule has 17 heavy (non-hydrogen) atoms. The summed E-state index contributed by atoms with van der Waals surface area (Å²) in [5.74, 6) is 0.958. The molecule has 0 unspecified atom stereocenters. The predicted molar refractivity (Wildman–Crippen MR) is 74.0 cm³/mol. The van der Waals surface area contributed by atoms with Gasteiger partial charge in [-0.1, -0.05) is 44.2 Å². The molecule has 0 heterocycles. The summed E-state index contributed by atoms with van der Waals surface area (Å²) in [5.41, 5.74) is 7.99. The molecule has 0 aromatic heterocycles. The Morgan fingerprint density at radius 2 is 1.76 bits per heavy atom. The third-order valence-electron chi connectivity index (χ3n) is 3.80. The van der Waals surface area contributed by atoms with Gasteiger partial charge in [0, 0.05) is 18.8 Å². The lowest BCUT2D eigenvalue weighted by molar-refractivity contribution is 0.345. The van der Waals surface area contributed by atoms with Crippen molar-refractivity contribution in [3.8, 4) is 0 Å². The van der Waals surface area contributed by atoms with Crippen LogP contribution in [0.15, 0.2) is 24.3 Å². The van der Waals surface area contributed by atoms with Crippen molar-refractivity contribution in [2.45, 2.75) is 45.1 Å². The lowest BCUT2D eigenvalue weighted by Crippen LogP contribution is -2.12. The van der Waals surface area contributed by atoms with Gasteiger partial charge in [-0.05, 0) is 30.0 Å². The number of nitrogens with one attached hydrogen (secondary N) is 1. The molecule has 3 N–H and O–H groups in total. The van der Waals surface area contributed by atoms with E-state index in [-0.39, 0.29) is 0 Å². The first-order chi connectivity index (χ1) is 8.38. The molecular weight excluding hydrogens is 208 g/mol. The zero-order valence-corrected chi connectivity index (χ0v) is 10.6. The van der Waals surface area contributed by atoms with Gasteiger partial charge in [-0.25, -0.2) is 0 Å². The molecule has 0 aliphatic heterocycles. The molecule has 1 fully saturated rings. The molecule has 0 spiro atoms. The molecule has 2 nitrogen and oxygen atoms in total. The summed E-state index contributed by atoms with van der Waals surface area (Å²) in [7, 11) is 0. The predicted octanol–water partition coefficient (Wildman–Crippen LogP) is 3.53. The molecule has 0 amide bonds. The third kappa shape index (κ3) is 4.04. The molecule has 2 heteroatoms. The second-order valence-corrected chi connectivity index (χ2v) is 5.12. The van der Waals surface area contributed by atoms with Gasteiger partial charge in [0.2, 0.25) is 0 Å². The first-order valence-corrected chi connectivity index (χ1v) is 6.91. The Morgan fingerprint density at radius 1 is 1.06 bits per heavy atom. The van der Waals surface area contributed by atoms with Crippen LogP contribution < -0.4 is 11.1 Å². The maximum atomic E-state index is 5.58. The van der Waals surface area contributed by atoms with Crippen molar-refractivity contribution in [1.82, 2.24) is 0 Å². The van der Waals surface area contributed by atoms with Crippen LogP contribution in [0.5, 0.6) is 0 Å². The lowest BCUT2D eigenvalue weighted by atomic mass is 9.87. The molecule has 0 atom stereocenters. The van der Waals surface area contributed by atoms with E-state index in [1.165, 1.54) is 49.8 Å². The Labute approximate surface area is 105 Å². The van der Waals surface area contributed by atoms with Gasteiger partial charge in [0.15, 0.2) is 0 Å². The van der Waals surface area contributed by atoms with Crippen LogP contribution in [0.1, 0.15) is 44.1 Å². The van der Waals surface area contributed by atoms with Crippen molar-refractivity contribution in [3.05, 3.63) is 29.8 Å². The van der Waals surface area contributed by atoms with Gasteiger partial charge in [0.05, 0.1) is 0 Å². The fraction of sp³-hybridized carbons (Fsp3) is 0.600. The second-order valence-electron chi connectivity index (χ2n) is 5.12. The molecule has 0 radical (unpaired) electrons. The molecule has 0 bridgehead atoms. The van der Waals surface area contributed by atoms with Gasteiger partial charge in [0.25, 0.3) is 0 Å². The van der Waals surface area contributed by atoms with E-state index in [2.05, 4.69) is 29.6 Å². The first kappa shape index (κ1) is 12.4. The Kier molecular flexibility index (Phi) is 4.87. The van der Waals surface area contributed by atoms with Gasteiger partial charge >= 0.3 is 0 Å². The van der Waals surface area contributed by atoms with Crippen LogP contribution in [0, 0.1) is 5.92 Å². The summed E-state index contributed by atoms with van der Waals surface area (Å²) in [4.78, 5) is 0. The molecule has 1 saturated carbocycles. The minimum Gasteiger partial charge on any atom is -0.385 e.